The summed E-state index contributed by atoms with van der Waals surface area (Å²) < 4.78 is 10.4. The second kappa shape index (κ2) is 3.38. The quantitative estimate of drug-likeness (QED) is 0.622. The molecule has 0 aliphatic carbocycles. The zero-order valence-electron chi connectivity index (χ0n) is 8.34. The van der Waals surface area contributed by atoms with Crippen LogP contribution in [-0.4, -0.2) is 0 Å². The van der Waals surface area contributed by atoms with Crippen molar-refractivity contribution in [3.8, 4) is 11.3 Å². The monoisotopic (exact) mass is 212 g/mol. The number of hydrogen-bond donors (Lipinski definition) is 0. The molecule has 0 N–H and O–H groups in total. The topological polar surface area (TPSA) is 43.4 Å². The van der Waals surface area contributed by atoms with E-state index in [1.807, 2.05) is 30.3 Å². The second-order valence-electron chi connectivity index (χ2n) is 3.46. The first-order valence-corrected chi connectivity index (χ1v) is 4.91. The lowest BCUT2D eigenvalue weighted by atomic mass is 10.2. The molecular weight excluding hydrogens is 204 g/mol. The number of benzene rings is 1. The highest BCUT2D eigenvalue weighted by molar-refractivity contribution is 5.82. The summed E-state index contributed by atoms with van der Waals surface area (Å²) in [6.45, 7) is 0. The normalized spacial score (nSPS) is 10.8. The van der Waals surface area contributed by atoms with E-state index in [1.54, 1.807) is 12.1 Å². The van der Waals surface area contributed by atoms with Gasteiger partial charge in [0.1, 0.15) is 16.9 Å². The van der Waals surface area contributed by atoms with Crippen LogP contribution in [0.1, 0.15) is 0 Å². The van der Waals surface area contributed by atoms with Crippen molar-refractivity contribution in [1.82, 2.24) is 0 Å². The van der Waals surface area contributed by atoms with Crippen molar-refractivity contribution in [2.24, 2.45) is 0 Å². The van der Waals surface area contributed by atoms with E-state index in [9.17, 15) is 4.79 Å². The molecule has 0 bridgehead atoms. The molecule has 0 atom stereocenters. The summed E-state index contributed by atoms with van der Waals surface area (Å²) in [7, 11) is 0. The van der Waals surface area contributed by atoms with Crippen LogP contribution in [0.15, 0.2) is 62.4 Å². The van der Waals surface area contributed by atoms with Gasteiger partial charge in [0.05, 0.1) is 6.26 Å². The molecule has 3 heteroatoms. The molecule has 2 heterocycles. The minimum absolute atomic E-state index is 0.387. The summed E-state index contributed by atoms with van der Waals surface area (Å²) in [6, 6.07) is 12.8. The average molecular weight is 212 g/mol. The predicted molar refractivity (Wildman–Crippen MR) is 60.2 cm³/mol. The molecule has 1 aromatic carbocycles. The smallest absolute Gasteiger partial charge is 0.346 e. The van der Waals surface area contributed by atoms with E-state index in [-0.39, 0.29) is 5.63 Å². The minimum Gasteiger partial charge on any atom is -0.456 e. The van der Waals surface area contributed by atoms with Gasteiger partial charge >= 0.3 is 5.63 Å². The summed E-state index contributed by atoms with van der Waals surface area (Å²) in [5.41, 5.74) is 0.820. The highest BCUT2D eigenvalue weighted by Crippen LogP contribution is 2.25. The number of furan rings is 1. The molecule has 0 saturated heterocycles. The number of fused-ring (bicyclic) bond motifs is 1. The van der Waals surface area contributed by atoms with Gasteiger partial charge in [0.2, 0.25) is 0 Å². The standard InChI is InChI=1S/C13H8O3/c14-13-10(5-3-7-15-13)12-8-9-4-1-2-6-11(9)16-12/h1-8H. The summed E-state index contributed by atoms with van der Waals surface area (Å²) in [5, 5.41) is 0.973. The maximum atomic E-state index is 11.5. The van der Waals surface area contributed by atoms with Gasteiger partial charge in [-0.3, -0.25) is 0 Å². The lowest BCUT2D eigenvalue weighted by Crippen LogP contribution is -1.99. The Kier molecular flexibility index (Phi) is 1.90. The van der Waals surface area contributed by atoms with Crippen molar-refractivity contribution in [2.75, 3.05) is 0 Å². The first-order chi connectivity index (χ1) is 7.84. The third kappa shape index (κ3) is 1.34. The summed E-state index contributed by atoms with van der Waals surface area (Å²) in [4.78, 5) is 11.5. The fraction of sp³-hybridized carbons (Fsp3) is 0. The molecule has 0 aliphatic rings. The Morgan fingerprint density at radius 1 is 1.00 bits per heavy atom. The van der Waals surface area contributed by atoms with Gasteiger partial charge in [-0.2, -0.15) is 0 Å². The largest absolute Gasteiger partial charge is 0.456 e. The third-order valence-electron chi connectivity index (χ3n) is 2.43. The Morgan fingerprint density at radius 2 is 1.88 bits per heavy atom. The van der Waals surface area contributed by atoms with Crippen molar-refractivity contribution >= 4 is 11.0 Å². The molecule has 0 amide bonds. The maximum absolute atomic E-state index is 11.5. The fourth-order valence-corrected chi connectivity index (χ4v) is 1.67. The third-order valence-corrected chi connectivity index (χ3v) is 2.43. The molecule has 16 heavy (non-hydrogen) atoms. The van der Waals surface area contributed by atoms with E-state index in [0.717, 1.165) is 11.0 Å². The zero-order chi connectivity index (χ0) is 11.0. The first kappa shape index (κ1) is 8.97. The highest BCUT2D eigenvalue weighted by atomic mass is 16.4. The van der Waals surface area contributed by atoms with Crippen LogP contribution < -0.4 is 5.63 Å². The Morgan fingerprint density at radius 3 is 2.69 bits per heavy atom. The second-order valence-corrected chi connectivity index (χ2v) is 3.46. The van der Waals surface area contributed by atoms with Crippen molar-refractivity contribution in [3.05, 3.63) is 59.1 Å². The molecule has 0 spiro atoms. The van der Waals surface area contributed by atoms with Crippen LogP contribution in [-0.2, 0) is 0 Å². The Labute approximate surface area is 90.9 Å². The summed E-state index contributed by atoms with van der Waals surface area (Å²) in [6.07, 6.45) is 1.36. The molecule has 3 aromatic rings. The molecular formula is C13H8O3. The van der Waals surface area contributed by atoms with Gasteiger partial charge in [-0.1, -0.05) is 18.2 Å². The van der Waals surface area contributed by atoms with Crippen molar-refractivity contribution in [3.63, 3.8) is 0 Å². The zero-order valence-corrected chi connectivity index (χ0v) is 8.34. The van der Waals surface area contributed by atoms with Gasteiger partial charge in [0.25, 0.3) is 0 Å². The summed E-state index contributed by atoms with van der Waals surface area (Å²) >= 11 is 0. The highest BCUT2D eigenvalue weighted by Gasteiger charge is 2.09. The summed E-state index contributed by atoms with van der Waals surface area (Å²) in [5.74, 6) is 0.538. The van der Waals surface area contributed by atoms with Crippen LogP contribution in [0.25, 0.3) is 22.3 Å². The molecule has 3 nitrogen and oxygen atoms in total. The lowest BCUT2D eigenvalue weighted by Gasteiger charge is -1.91. The van der Waals surface area contributed by atoms with Crippen LogP contribution in [0.2, 0.25) is 0 Å². The van der Waals surface area contributed by atoms with Crippen LogP contribution in [0.5, 0.6) is 0 Å². The van der Waals surface area contributed by atoms with Crippen LogP contribution in [0, 0.1) is 0 Å². The van der Waals surface area contributed by atoms with Crippen molar-refractivity contribution in [1.29, 1.82) is 0 Å². The van der Waals surface area contributed by atoms with Gasteiger partial charge in [0, 0.05) is 5.39 Å². The van der Waals surface area contributed by atoms with Gasteiger partial charge < -0.3 is 8.83 Å². The Balaban J connectivity index is 2.27. The molecule has 0 fully saturated rings. The van der Waals surface area contributed by atoms with Crippen LogP contribution in [0.3, 0.4) is 0 Å². The van der Waals surface area contributed by atoms with E-state index in [0.29, 0.717) is 11.3 Å². The van der Waals surface area contributed by atoms with E-state index >= 15 is 0 Å². The Hall–Kier alpha value is -2.29. The number of hydrogen-bond acceptors (Lipinski definition) is 3. The molecule has 0 unspecified atom stereocenters. The molecule has 2 aromatic heterocycles. The molecule has 3 rings (SSSR count). The average Bonchev–Trinajstić information content (AvgIpc) is 2.73. The van der Waals surface area contributed by atoms with E-state index in [2.05, 4.69) is 0 Å². The van der Waals surface area contributed by atoms with Crippen LogP contribution in [0.4, 0.5) is 0 Å². The number of para-hydroxylation sites is 1. The van der Waals surface area contributed by atoms with Gasteiger partial charge in [-0.15, -0.1) is 0 Å². The Bertz CT molecular complexity index is 658. The van der Waals surface area contributed by atoms with Crippen molar-refractivity contribution in [2.45, 2.75) is 0 Å². The van der Waals surface area contributed by atoms with Crippen molar-refractivity contribution < 1.29 is 8.83 Å². The maximum Gasteiger partial charge on any atom is 0.346 e. The lowest BCUT2D eigenvalue weighted by molar-refractivity contribution is 0.509. The molecule has 0 saturated carbocycles. The minimum atomic E-state index is -0.387. The first-order valence-electron chi connectivity index (χ1n) is 4.91. The number of rotatable bonds is 1. The fourth-order valence-electron chi connectivity index (χ4n) is 1.67. The van der Waals surface area contributed by atoms with E-state index in [1.165, 1.54) is 6.26 Å². The predicted octanol–water partition coefficient (Wildman–Crippen LogP) is 3.05. The SMILES string of the molecule is O=c1occcc1-c1cc2ccccc2o1. The molecule has 0 radical (unpaired) electrons. The molecule has 78 valence electrons. The van der Waals surface area contributed by atoms with E-state index in [4.69, 9.17) is 8.83 Å². The van der Waals surface area contributed by atoms with Gasteiger partial charge in [-0.05, 0) is 24.3 Å². The molecule has 0 aliphatic heterocycles. The van der Waals surface area contributed by atoms with Gasteiger partial charge in [-0.25, -0.2) is 4.79 Å². The van der Waals surface area contributed by atoms with E-state index < -0.39 is 0 Å². The van der Waals surface area contributed by atoms with Crippen LogP contribution >= 0.6 is 0 Å². The van der Waals surface area contributed by atoms with Gasteiger partial charge in [0.15, 0.2) is 0 Å².